The second-order valence-electron chi connectivity index (χ2n) is 7.21. The Morgan fingerprint density at radius 1 is 1.27 bits per heavy atom. The number of hydrogen-bond acceptors (Lipinski definition) is 3. The number of aromatic nitrogens is 2. The van der Waals surface area contributed by atoms with Gasteiger partial charge in [0.05, 0.1) is 4.88 Å². The van der Waals surface area contributed by atoms with Gasteiger partial charge in [0, 0.05) is 24.0 Å². The molecule has 0 unspecified atom stereocenters. The van der Waals surface area contributed by atoms with Crippen LogP contribution in [0.4, 0.5) is 4.39 Å². The van der Waals surface area contributed by atoms with E-state index >= 15 is 0 Å². The molecule has 0 radical (unpaired) electrons. The van der Waals surface area contributed by atoms with Crippen molar-refractivity contribution in [3.63, 3.8) is 0 Å². The van der Waals surface area contributed by atoms with Crippen LogP contribution in [0.3, 0.4) is 0 Å². The summed E-state index contributed by atoms with van der Waals surface area (Å²) >= 11 is 1.41. The highest BCUT2D eigenvalue weighted by atomic mass is 32.1. The minimum absolute atomic E-state index is 0.0368. The highest BCUT2D eigenvalue weighted by Crippen LogP contribution is 2.35. The maximum atomic E-state index is 14.2. The molecule has 1 N–H and O–H groups in total. The number of carbonyl (C=O) groups is 1. The minimum Gasteiger partial charge on any atom is -0.349 e. The quantitative estimate of drug-likeness (QED) is 0.722. The van der Waals surface area contributed by atoms with E-state index in [9.17, 15) is 9.18 Å². The first-order valence-electron chi connectivity index (χ1n) is 9.05. The van der Waals surface area contributed by atoms with Crippen LogP contribution >= 0.6 is 11.3 Å². The highest BCUT2D eigenvalue weighted by Gasteiger charge is 2.23. The zero-order valence-electron chi connectivity index (χ0n) is 15.0. The van der Waals surface area contributed by atoms with E-state index in [1.165, 1.54) is 30.2 Å². The molecule has 4 nitrogen and oxygen atoms in total. The molecule has 1 aromatic carbocycles. The monoisotopic (exact) mass is 371 g/mol. The Morgan fingerprint density at radius 3 is 2.73 bits per heavy atom. The molecule has 3 aromatic rings. The summed E-state index contributed by atoms with van der Waals surface area (Å²) in [6, 6.07) is 8.71. The summed E-state index contributed by atoms with van der Waals surface area (Å²) in [5.74, 6) is 0.410. The minimum atomic E-state index is -0.305. The number of benzene rings is 1. The van der Waals surface area contributed by atoms with Gasteiger partial charge in [-0.25, -0.2) is 4.39 Å². The molecule has 1 amide bonds. The van der Waals surface area contributed by atoms with Crippen molar-refractivity contribution < 1.29 is 9.18 Å². The Morgan fingerprint density at radius 2 is 2.00 bits per heavy atom. The molecule has 136 valence electrons. The third-order valence-corrected chi connectivity index (χ3v) is 6.42. The number of amides is 1. The van der Waals surface area contributed by atoms with Crippen LogP contribution in [0.1, 0.15) is 42.3 Å². The van der Waals surface area contributed by atoms with Gasteiger partial charge in [-0.15, -0.1) is 11.3 Å². The van der Waals surface area contributed by atoms with Gasteiger partial charge < -0.3 is 5.32 Å². The van der Waals surface area contributed by atoms with Gasteiger partial charge >= 0.3 is 0 Å². The molecule has 1 fully saturated rings. The molecule has 1 aliphatic rings. The average Bonchev–Trinajstić information content (AvgIpc) is 3.19. The summed E-state index contributed by atoms with van der Waals surface area (Å²) in [6.45, 7) is 2.27. The van der Waals surface area contributed by atoms with E-state index in [2.05, 4.69) is 17.3 Å². The van der Waals surface area contributed by atoms with Crippen LogP contribution in [0.25, 0.3) is 21.5 Å². The lowest BCUT2D eigenvalue weighted by Gasteiger charge is -2.26. The Hall–Kier alpha value is -2.21. The first kappa shape index (κ1) is 17.2. The van der Waals surface area contributed by atoms with E-state index in [4.69, 9.17) is 0 Å². The fraction of sp³-hybridized carbons (Fsp3) is 0.400. The van der Waals surface area contributed by atoms with Crippen LogP contribution in [-0.2, 0) is 7.05 Å². The number of fused-ring (bicyclic) bond motifs is 1. The zero-order valence-corrected chi connectivity index (χ0v) is 15.8. The summed E-state index contributed by atoms with van der Waals surface area (Å²) < 4.78 is 15.9. The molecule has 0 aliphatic heterocycles. The maximum Gasteiger partial charge on any atom is 0.261 e. The Bertz CT molecular complexity index is 953. The molecule has 2 aromatic heterocycles. The third-order valence-electron chi connectivity index (χ3n) is 5.22. The van der Waals surface area contributed by atoms with Crippen LogP contribution < -0.4 is 5.32 Å². The van der Waals surface area contributed by atoms with Crippen LogP contribution in [0.15, 0.2) is 30.3 Å². The van der Waals surface area contributed by atoms with Crippen molar-refractivity contribution in [3.05, 3.63) is 41.0 Å². The fourth-order valence-electron chi connectivity index (χ4n) is 3.67. The van der Waals surface area contributed by atoms with E-state index in [-0.39, 0.29) is 17.8 Å². The van der Waals surface area contributed by atoms with Gasteiger partial charge in [-0.05, 0) is 49.8 Å². The lowest BCUT2D eigenvalue weighted by atomic mass is 9.87. The van der Waals surface area contributed by atoms with Crippen molar-refractivity contribution in [2.45, 2.75) is 38.6 Å². The standard InChI is InChI=1S/C20H22FN3OS/c1-12-7-9-13(10-8-12)22-19(25)17-11-15-18(23-24(2)20(15)26-17)14-5-3-4-6-16(14)21/h3-6,11-13H,7-10H2,1-2H3,(H,22,25). The van der Waals surface area contributed by atoms with Crippen molar-refractivity contribution >= 4 is 27.5 Å². The van der Waals surface area contributed by atoms with Crippen LogP contribution in [0.5, 0.6) is 0 Å². The van der Waals surface area contributed by atoms with E-state index in [1.54, 1.807) is 22.9 Å². The van der Waals surface area contributed by atoms with E-state index in [1.807, 2.05) is 13.1 Å². The molecule has 1 saturated carbocycles. The van der Waals surface area contributed by atoms with E-state index < -0.39 is 0 Å². The van der Waals surface area contributed by atoms with Gasteiger partial charge in [0.25, 0.3) is 5.91 Å². The summed E-state index contributed by atoms with van der Waals surface area (Å²) in [6.07, 6.45) is 4.41. The van der Waals surface area contributed by atoms with Crippen molar-refractivity contribution in [3.8, 4) is 11.3 Å². The largest absolute Gasteiger partial charge is 0.349 e. The molecule has 0 spiro atoms. The fourth-order valence-corrected chi connectivity index (χ4v) is 4.64. The normalized spacial score (nSPS) is 20.4. The number of hydrogen-bond donors (Lipinski definition) is 1. The maximum absolute atomic E-state index is 14.2. The number of nitrogens with zero attached hydrogens (tertiary/aromatic N) is 2. The number of carbonyl (C=O) groups excluding carboxylic acids is 1. The van der Waals surface area contributed by atoms with Gasteiger partial charge in [0.2, 0.25) is 0 Å². The first-order chi connectivity index (χ1) is 12.5. The second kappa shape index (κ2) is 6.83. The SMILES string of the molecule is CC1CCC(NC(=O)c2cc3c(-c4ccccc4F)nn(C)c3s2)CC1. The van der Waals surface area contributed by atoms with Gasteiger partial charge in [0.15, 0.2) is 0 Å². The van der Waals surface area contributed by atoms with Crippen molar-refractivity contribution in [1.29, 1.82) is 0 Å². The third kappa shape index (κ3) is 3.14. The van der Waals surface area contributed by atoms with Crippen LogP contribution in [0.2, 0.25) is 0 Å². The van der Waals surface area contributed by atoms with Crippen molar-refractivity contribution in [2.75, 3.05) is 0 Å². The van der Waals surface area contributed by atoms with Crippen LogP contribution in [-0.4, -0.2) is 21.7 Å². The first-order valence-corrected chi connectivity index (χ1v) is 9.87. The molecule has 6 heteroatoms. The predicted octanol–water partition coefficient (Wildman–Crippen LogP) is 4.75. The molecule has 26 heavy (non-hydrogen) atoms. The number of halogens is 1. The molecule has 0 atom stereocenters. The topological polar surface area (TPSA) is 46.9 Å². The smallest absolute Gasteiger partial charge is 0.261 e. The highest BCUT2D eigenvalue weighted by molar-refractivity contribution is 7.20. The molecule has 0 saturated heterocycles. The number of thiophene rings is 1. The number of nitrogens with one attached hydrogen (secondary N) is 1. The predicted molar refractivity (Wildman–Crippen MR) is 103 cm³/mol. The number of rotatable bonds is 3. The number of aryl methyl sites for hydroxylation is 1. The molecular weight excluding hydrogens is 349 g/mol. The van der Waals surface area contributed by atoms with Crippen molar-refractivity contribution in [1.82, 2.24) is 15.1 Å². The van der Waals surface area contributed by atoms with E-state index in [0.717, 1.165) is 29.0 Å². The summed E-state index contributed by atoms with van der Waals surface area (Å²) in [4.78, 5) is 14.2. The molecule has 1 aliphatic carbocycles. The van der Waals surface area contributed by atoms with Gasteiger partial charge in [-0.1, -0.05) is 19.1 Å². The second-order valence-corrected chi connectivity index (χ2v) is 8.24. The van der Waals surface area contributed by atoms with E-state index in [0.29, 0.717) is 16.1 Å². The molecule has 2 heterocycles. The summed E-state index contributed by atoms with van der Waals surface area (Å²) in [7, 11) is 1.83. The Labute approximate surface area is 156 Å². The Kier molecular flexibility index (Phi) is 4.53. The Balaban J connectivity index is 1.63. The lowest BCUT2D eigenvalue weighted by molar-refractivity contribution is 0.0927. The van der Waals surface area contributed by atoms with Gasteiger partial charge in [-0.3, -0.25) is 9.48 Å². The summed E-state index contributed by atoms with van der Waals surface area (Å²) in [5.41, 5.74) is 1.05. The molecular formula is C20H22FN3OS. The van der Waals surface area contributed by atoms with Crippen molar-refractivity contribution in [2.24, 2.45) is 13.0 Å². The van der Waals surface area contributed by atoms with Gasteiger partial charge in [0.1, 0.15) is 16.3 Å². The summed E-state index contributed by atoms with van der Waals surface area (Å²) in [5, 5.41) is 8.45. The van der Waals surface area contributed by atoms with Gasteiger partial charge in [-0.2, -0.15) is 5.10 Å². The lowest BCUT2D eigenvalue weighted by Crippen LogP contribution is -2.36. The van der Waals surface area contributed by atoms with Crippen LogP contribution in [0, 0.1) is 11.7 Å². The average molecular weight is 371 g/mol. The zero-order chi connectivity index (χ0) is 18.3. The molecule has 0 bridgehead atoms. The molecule has 4 rings (SSSR count).